The number of rotatable bonds is 18. The number of nitrogens with zero attached hydrogens (tertiary/aromatic N) is 6. The van der Waals surface area contributed by atoms with Crippen molar-refractivity contribution in [2.45, 2.75) is 51.6 Å². The van der Waals surface area contributed by atoms with E-state index >= 15 is 0 Å². The van der Waals surface area contributed by atoms with Crippen LogP contribution in [0.1, 0.15) is 46.1 Å². The second kappa shape index (κ2) is 16.1. The van der Waals surface area contributed by atoms with E-state index in [9.17, 15) is 9.13 Å². The second-order valence-electron chi connectivity index (χ2n) is 9.48. The van der Waals surface area contributed by atoms with Gasteiger partial charge in [0.1, 0.15) is 11.5 Å². The fourth-order valence-corrected chi connectivity index (χ4v) is 9.20. The van der Waals surface area contributed by atoms with E-state index in [1.807, 2.05) is 32.9 Å². The average Bonchev–Trinajstić information content (AvgIpc) is 3.04. The Morgan fingerprint density at radius 3 is 1.80 bits per heavy atom. The van der Waals surface area contributed by atoms with Crippen molar-refractivity contribution in [2.24, 2.45) is 10.2 Å². The molecule has 14 nitrogen and oxygen atoms in total. The number of ether oxygens (including phenoxy) is 2. The van der Waals surface area contributed by atoms with Gasteiger partial charge in [-0.05, 0) is 78.1 Å². The fraction of sp³-hybridized carbons (Fsp3) is 0.500. The summed E-state index contributed by atoms with van der Waals surface area (Å²) >= 11 is 5.90. The third-order valence-corrected chi connectivity index (χ3v) is 14.9. The molecule has 242 valence electrons. The molecular weight excluding hydrogens is 649 g/mol. The van der Waals surface area contributed by atoms with Crippen molar-refractivity contribution in [1.82, 2.24) is 4.78 Å². The van der Waals surface area contributed by atoms with Gasteiger partial charge in [0, 0.05) is 46.7 Å². The van der Waals surface area contributed by atoms with E-state index in [-0.39, 0.29) is 5.69 Å². The Balaban J connectivity index is 2.23. The van der Waals surface area contributed by atoms with Gasteiger partial charge in [-0.25, -0.2) is 9.13 Å². The molecule has 0 aliphatic carbocycles. The first-order valence-electron chi connectivity index (χ1n) is 13.4. The van der Waals surface area contributed by atoms with Crippen LogP contribution in [-0.2, 0) is 39.0 Å². The second-order valence-corrected chi connectivity index (χ2v) is 17.0. The topological polar surface area (TPSA) is 157 Å². The molecule has 0 spiro atoms. The van der Waals surface area contributed by atoms with Gasteiger partial charge in [-0.3, -0.25) is 18.1 Å². The van der Waals surface area contributed by atoms with Crippen molar-refractivity contribution in [3.05, 3.63) is 64.5 Å². The molecule has 44 heavy (non-hydrogen) atoms. The number of hydrogen-bond acceptors (Lipinski definition) is 11. The van der Waals surface area contributed by atoms with Gasteiger partial charge in [0.25, 0.3) is 5.34 Å². The lowest BCUT2D eigenvalue weighted by atomic mass is 10.2. The van der Waals surface area contributed by atoms with Crippen LogP contribution in [0.3, 0.4) is 0 Å². The Morgan fingerprint density at radius 1 is 0.886 bits per heavy atom. The molecule has 3 atom stereocenters. The molecule has 2 aromatic carbocycles. The van der Waals surface area contributed by atoms with E-state index < -0.39 is 33.4 Å². The molecular formula is C26H40N6O8P3S+. The van der Waals surface area contributed by atoms with E-state index in [0.717, 1.165) is 10.0 Å². The summed E-state index contributed by atoms with van der Waals surface area (Å²) in [5.41, 5.74) is 8.84. The van der Waals surface area contributed by atoms with Crippen LogP contribution in [0.15, 0.2) is 58.7 Å². The number of benzene rings is 2. The Labute approximate surface area is 264 Å². The maximum atomic E-state index is 13.3. The Kier molecular flexibility index (Phi) is 13.8. The van der Waals surface area contributed by atoms with Crippen molar-refractivity contribution >= 4 is 46.0 Å². The lowest BCUT2D eigenvalue weighted by Gasteiger charge is -2.33. The number of hydrazone groups is 1. The SMILES string of the molecule is CCC(C)(N=[N+]=[N-])Oc1ccc(/C=N/N(C)[P+](=S)C(C)(CC)Oc2ccc(N(P(=O)(OC)OC)P(=O)(OC)OC)cc2)cc1. The minimum Gasteiger partial charge on any atom is -0.481 e. The summed E-state index contributed by atoms with van der Waals surface area (Å²) in [6, 6.07) is 13.6. The third-order valence-electron chi connectivity index (χ3n) is 6.62. The summed E-state index contributed by atoms with van der Waals surface area (Å²) in [5, 5.41) is 7.50. The first-order valence-corrected chi connectivity index (χ1v) is 18.7. The molecule has 0 amide bonds. The highest BCUT2D eigenvalue weighted by Gasteiger charge is 2.47. The lowest BCUT2D eigenvalue weighted by Crippen LogP contribution is -2.30. The van der Waals surface area contributed by atoms with E-state index in [2.05, 4.69) is 15.1 Å². The standard InChI is InChI=1S/C26H40N6O8P3S/c1-10-25(3,29-30-27)39-23-16-12-21(13-17-23)20-28-31(5)41(44)26(4,11-2)40-24-18-14-22(15-19-24)32(42(33,35-6)36-7)43(34,37-8)38-9/h12-20H,10-11H2,1-9H3/q+1/b28-20+. The first-order chi connectivity index (χ1) is 20.7. The predicted molar refractivity (Wildman–Crippen MR) is 176 cm³/mol. The van der Waals surface area contributed by atoms with Gasteiger partial charge >= 0.3 is 22.3 Å². The van der Waals surface area contributed by atoms with Crippen molar-refractivity contribution in [1.29, 1.82) is 0 Å². The third kappa shape index (κ3) is 9.01. The molecule has 0 N–H and O–H groups in total. The first kappa shape index (κ1) is 37.6. The highest BCUT2D eigenvalue weighted by molar-refractivity contribution is 8.04. The Morgan fingerprint density at radius 2 is 1.36 bits per heavy atom. The van der Waals surface area contributed by atoms with Crippen LogP contribution in [0.2, 0.25) is 0 Å². The molecule has 0 bridgehead atoms. The predicted octanol–water partition coefficient (Wildman–Crippen LogP) is 8.44. The molecule has 18 heteroatoms. The number of azide groups is 1. The monoisotopic (exact) mass is 689 g/mol. The van der Waals surface area contributed by atoms with Crippen LogP contribution in [-0.4, -0.2) is 57.5 Å². The summed E-state index contributed by atoms with van der Waals surface area (Å²) in [6.07, 6.45) is 2.78. The van der Waals surface area contributed by atoms with Gasteiger partial charge in [0.2, 0.25) is 0 Å². The normalized spacial score (nSPS) is 15.1. The minimum atomic E-state index is -4.09. The van der Waals surface area contributed by atoms with Gasteiger partial charge in [-0.15, -0.1) is 9.88 Å². The van der Waals surface area contributed by atoms with E-state index in [0.29, 0.717) is 24.3 Å². The Hall–Kier alpha value is -2.56. The molecule has 0 radical (unpaired) electrons. The van der Waals surface area contributed by atoms with Crippen molar-refractivity contribution in [3.63, 3.8) is 0 Å². The zero-order chi connectivity index (χ0) is 33.2. The highest BCUT2D eigenvalue weighted by Crippen LogP contribution is 2.69. The lowest BCUT2D eigenvalue weighted by molar-refractivity contribution is 0.0921. The van der Waals surface area contributed by atoms with Gasteiger partial charge in [0.15, 0.2) is 17.5 Å². The van der Waals surface area contributed by atoms with E-state index in [1.165, 1.54) is 40.6 Å². The fourth-order valence-electron chi connectivity index (χ4n) is 3.66. The summed E-state index contributed by atoms with van der Waals surface area (Å²) in [6.45, 7) is 6.12. The number of anilines is 1. The van der Waals surface area contributed by atoms with E-state index in [4.69, 9.17) is 44.9 Å². The minimum absolute atomic E-state index is 0.200. The maximum Gasteiger partial charge on any atom is 0.443 e. The van der Waals surface area contributed by atoms with Crippen LogP contribution < -0.4 is 13.9 Å². The maximum absolute atomic E-state index is 13.3. The van der Waals surface area contributed by atoms with Crippen molar-refractivity contribution in [2.75, 3.05) is 39.9 Å². The van der Waals surface area contributed by atoms with Crippen LogP contribution in [0.25, 0.3) is 10.4 Å². The number of hydrogen-bond donors (Lipinski definition) is 0. The molecule has 0 aliphatic rings. The highest BCUT2D eigenvalue weighted by atomic mass is 32.4. The van der Waals surface area contributed by atoms with E-state index in [1.54, 1.807) is 49.2 Å². The molecule has 0 aromatic heterocycles. The molecule has 3 unspecified atom stereocenters. The molecule has 0 saturated heterocycles. The smallest absolute Gasteiger partial charge is 0.443 e. The van der Waals surface area contributed by atoms with Crippen LogP contribution in [0.4, 0.5) is 5.69 Å². The molecule has 2 rings (SSSR count). The Bertz CT molecular complexity index is 1400. The van der Waals surface area contributed by atoms with Crippen molar-refractivity contribution in [3.8, 4) is 11.5 Å². The molecule has 0 aliphatic heterocycles. The molecule has 0 heterocycles. The van der Waals surface area contributed by atoms with Gasteiger partial charge < -0.3 is 9.47 Å². The van der Waals surface area contributed by atoms with Gasteiger partial charge in [0.05, 0.1) is 18.9 Å². The van der Waals surface area contributed by atoms with Crippen LogP contribution in [0, 0.1) is 0 Å². The molecule has 0 fully saturated rings. The van der Waals surface area contributed by atoms with Crippen LogP contribution in [0.5, 0.6) is 11.5 Å². The zero-order valence-electron chi connectivity index (χ0n) is 26.3. The van der Waals surface area contributed by atoms with Crippen molar-refractivity contribution < 1.29 is 36.7 Å². The summed E-state index contributed by atoms with van der Waals surface area (Å²) in [5.74, 6) is 1.04. The summed E-state index contributed by atoms with van der Waals surface area (Å²) in [4.78, 5) is 2.87. The van der Waals surface area contributed by atoms with Gasteiger partial charge in [-0.2, -0.15) is 4.44 Å². The van der Waals surface area contributed by atoms with Gasteiger partial charge in [-0.1, -0.05) is 13.8 Å². The molecule has 2 aromatic rings. The zero-order valence-corrected chi connectivity index (χ0v) is 29.8. The quantitative estimate of drug-likeness (QED) is 0.0369. The summed E-state index contributed by atoms with van der Waals surface area (Å²) < 4.78 is 61.6. The average molecular weight is 690 g/mol. The van der Waals surface area contributed by atoms with Crippen LogP contribution >= 0.6 is 22.3 Å². The summed E-state index contributed by atoms with van der Waals surface area (Å²) in [7, 11) is -1.72. The largest absolute Gasteiger partial charge is 0.481 e. The molecule has 0 saturated carbocycles.